The van der Waals surface area contributed by atoms with Gasteiger partial charge in [0.25, 0.3) is 5.91 Å². The molecule has 0 bridgehead atoms. The number of rotatable bonds is 6. The van der Waals surface area contributed by atoms with Gasteiger partial charge in [0.1, 0.15) is 5.75 Å². The Labute approximate surface area is 128 Å². The first-order valence-electron chi connectivity index (χ1n) is 7.16. The Bertz CT molecular complexity index is 659. The second-order valence-corrected chi connectivity index (χ2v) is 5.65. The first-order chi connectivity index (χ1) is 10.7. The average Bonchev–Trinajstić information content (AvgIpc) is 3.18. The van der Waals surface area contributed by atoms with E-state index in [1.54, 1.807) is 13.2 Å². The third-order valence-corrected chi connectivity index (χ3v) is 4.03. The van der Waals surface area contributed by atoms with Crippen LogP contribution in [0.3, 0.4) is 0 Å². The Hall–Kier alpha value is -2.34. The van der Waals surface area contributed by atoms with Gasteiger partial charge in [-0.15, -0.1) is 0 Å². The molecule has 0 radical (unpaired) electrons. The fourth-order valence-electron chi connectivity index (χ4n) is 2.20. The highest BCUT2D eigenvalue weighted by atomic mass is 16.5. The summed E-state index contributed by atoms with van der Waals surface area (Å²) in [5.41, 5.74) is 0.930. The summed E-state index contributed by atoms with van der Waals surface area (Å²) in [6.45, 7) is 0.566. The van der Waals surface area contributed by atoms with Crippen molar-refractivity contribution in [2.45, 2.75) is 12.8 Å². The van der Waals surface area contributed by atoms with Gasteiger partial charge in [-0.2, -0.15) is 0 Å². The monoisotopic (exact) mass is 302 g/mol. The summed E-state index contributed by atoms with van der Waals surface area (Å²) in [4.78, 5) is 12.0. The van der Waals surface area contributed by atoms with Crippen LogP contribution in [0.15, 0.2) is 34.9 Å². The van der Waals surface area contributed by atoms with Crippen molar-refractivity contribution in [1.82, 2.24) is 10.5 Å². The van der Waals surface area contributed by atoms with Crippen LogP contribution in [0, 0.1) is 5.41 Å². The van der Waals surface area contributed by atoms with Crippen molar-refractivity contribution in [2.75, 3.05) is 20.3 Å². The molecule has 6 heteroatoms. The molecular weight excluding hydrogens is 284 g/mol. The van der Waals surface area contributed by atoms with Crippen LogP contribution in [-0.2, 0) is 0 Å². The number of aliphatic hydroxyl groups excluding tert-OH is 1. The van der Waals surface area contributed by atoms with E-state index in [0.717, 1.165) is 24.2 Å². The molecule has 1 aromatic heterocycles. The maximum atomic E-state index is 12.0. The van der Waals surface area contributed by atoms with Gasteiger partial charge in [-0.1, -0.05) is 5.16 Å². The molecule has 0 spiro atoms. The minimum atomic E-state index is -0.289. The van der Waals surface area contributed by atoms with E-state index in [4.69, 9.17) is 9.26 Å². The van der Waals surface area contributed by atoms with Gasteiger partial charge < -0.3 is 19.7 Å². The first kappa shape index (κ1) is 14.6. The van der Waals surface area contributed by atoms with Crippen LogP contribution in [-0.4, -0.2) is 36.4 Å². The molecule has 1 aliphatic rings. The molecule has 0 unspecified atom stereocenters. The molecule has 1 saturated carbocycles. The van der Waals surface area contributed by atoms with E-state index >= 15 is 0 Å². The molecule has 0 atom stereocenters. The standard InChI is InChI=1S/C16H18N2O4/c1-21-12-4-2-11(3-5-12)14-8-13(18-22-14)15(20)17-9-16(10-19)6-7-16/h2-5,8,19H,6-7,9-10H2,1H3,(H,17,20). The Morgan fingerprint density at radius 2 is 2.14 bits per heavy atom. The Kier molecular flexibility index (Phi) is 3.85. The smallest absolute Gasteiger partial charge is 0.273 e. The number of aromatic nitrogens is 1. The number of nitrogens with one attached hydrogen (secondary N) is 1. The predicted molar refractivity (Wildman–Crippen MR) is 79.6 cm³/mol. The summed E-state index contributed by atoms with van der Waals surface area (Å²) in [5, 5.41) is 15.8. The van der Waals surface area contributed by atoms with Crippen LogP contribution in [0.4, 0.5) is 0 Å². The van der Waals surface area contributed by atoms with Gasteiger partial charge in [0, 0.05) is 23.6 Å². The van der Waals surface area contributed by atoms with Crippen LogP contribution in [0.5, 0.6) is 5.75 Å². The molecule has 1 fully saturated rings. The first-order valence-corrected chi connectivity index (χ1v) is 7.16. The normalized spacial score (nSPS) is 15.4. The van der Waals surface area contributed by atoms with E-state index in [1.807, 2.05) is 24.3 Å². The van der Waals surface area contributed by atoms with Crippen molar-refractivity contribution in [3.63, 3.8) is 0 Å². The third-order valence-electron chi connectivity index (χ3n) is 4.03. The molecule has 2 N–H and O–H groups in total. The van der Waals surface area contributed by atoms with E-state index in [1.165, 1.54) is 0 Å². The Balaban J connectivity index is 1.66. The van der Waals surface area contributed by atoms with Crippen molar-refractivity contribution in [3.8, 4) is 17.1 Å². The average molecular weight is 302 g/mol. The number of hydrogen-bond acceptors (Lipinski definition) is 5. The Morgan fingerprint density at radius 3 is 2.73 bits per heavy atom. The molecular formula is C16H18N2O4. The molecule has 0 aliphatic heterocycles. The lowest BCUT2D eigenvalue weighted by Gasteiger charge is -2.11. The van der Waals surface area contributed by atoms with Crippen molar-refractivity contribution in [2.24, 2.45) is 5.41 Å². The lowest BCUT2D eigenvalue weighted by atomic mass is 10.1. The zero-order valence-corrected chi connectivity index (χ0v) is 12.3. The number of carbonyl (C=O) groups is 1. The highest BCUT2D eigenvalue weighted by Crippen LogP contribution is 2.44. The molecule has 0 saturated heterocycles. The number of nitrogens with zero attached hydrogens (tertiary/aromatic N) is 1. The Morgan fingerprint density at radius 1 is 1.41 bits per heavy atom. The number of ether oxygens (including phenoxy) is 1. The molecule has 3 rings (SSSR count). The quantitative estimate of drug-likeness (QED) is 0.850. The highest BCUT2D eigenvalue weighted by molar-refractivity contribution is 5.93. The van der Waals surface area contributed by atoms with Gasteiger partial charge in [-0.05, 0) is 37.1 Å². The number of hydrogen-bond donors (Lipinski definition) is 2. The number of methoxy groups -OCH3 is 1. The van der Waals surface area contributed by atoms with Gasteiger partial charge in [0.15, 0.2) is 11.5 Å². The number of benzene rings is 1. The SMILES string of the molecule is COc1ccc(-c2cc(C(=O)NCC3(CO)CC3)no2)cc1. The van der Waals surface area contributed by atoms with Crippen molar-refractivity contribution >= 4 is 5.91 Å². The maximum Gasteiger partial charge on any atom is 0.273 e. The maximum absolute atomic E-state index is 12.0. The highest BCUT2D eigenvalue weighted by Gasteiger charge is 2.42. The van der Waals surface area contributed by atoms with Crippen LogP contribution in [0.2, 0.25) is 0 Å². The zero-order valence-electron chi connectivity index (χ0n) is 12.3. The van der Waals surface area contributed by atoms with Gasteiger partial charge in [0.2, 0.25) is 0 Å². The number of carbonyl (C=O) groups excluding carboxylic acids is 1. The summed E-state index contributed by atoms with van der Waals surface area (Å²) in [6.07, 6.45) is 1.89. The number of aliphatic hydroxyl groups is 1. The lowest BCUT2D eigenvalue weighted by Crippen LogP contribution is -2.32. The fraction of sp³-hybridized carbons (Fsp3) is 0.375. The number of amides is 1. The summed E-state index contributed by atoms with van der Waals surface area (Å²) in [6, 6.07) is 8.92. The van der Waals surface area contributed by atoms with E-state index in [-0.39, 0.29) is 23.6 Å². The third kappa shape index (κ3) is 2.96. The second kappa shape index (κ2) is 5.81. The van der Waals surface area contributed by atoms with Crippen LogP contribution >= 0.6 is 0 Å². The topological polar surface area (TPSA) is 84.6 Å². The predicted octanol–water partition coefficient (Wildman–Crippen LogP) is 1.85. The fourth-order valence-corrected chi connectivity index (χ4v) is 2.20. The van der Waals surface area contributed by atoms with Crippen molar-refractivity contribution < 1.29 is 19.2 Å². The van der Waals surface area contributed by atoms with Crippen molar-refractivity contribution in [3.05, 3.63) is 36.0 Å². The minimum Gasteiger partial charge on any atom is -0.497 e. The zero-order chi connectivity index (χ0) is 15.6. The molecule has 2 aromatic rings. The molecule has 116 valence electrons. The van der Waals surface area contributed by atoms with E-state index in [2.05, 4.69) is 10.5 Å². The van der Waals surface area contributed by atoms with Crippen LogP contribution in [0.1, 0.15) is 23.3 Å². The van der Waals surface area contributed by atoms with Gasteiger partial charge in [0.05, 0.1) is 13.7 Å². The lowest BCUT2D eigenvalue weighted by molar-refractivity contribution is 0.0926. The van der Waals surface area contributed by atoms with Gasteiger partial charge in [-0.3, -0.25) is 4.79 Å². The van der Waals surface area contributed by atoms with Crippen LogP contribution < -0.4 is 10.1 Å². The molecule has 1 heterocycles. The van der Waals surface area contributed by atoms with E-state index < -0.39 is 0 Å². The van der Waals surface area contributed by atoms with E-state index in [9.17, 15) is 9.90 Å². The van der Waals surface area contributed by atoms with Crippen molar-refractivity contribution in [1.29, 1.82) is 0 Å². The summed E-state index contributed by atoms with van der Waals surface area (Å²) >= 11 is 0. The molecule has 1 amide bonds. The molecule has 1 aliphatic carbocycles. The molecule has 6 nitrogen and oxygen atoms in total. The minimum absolute atomic E-state index is 0.100. The second-order valence-electron chi connectivity index (χ2n) is 5.65. The molecule has 22 heavy (non-hydrogen) atoms. The summed E-state index contributed by atoms with van der Waals surface area (Å²) in [5.74, 6) is 0.985. The van der Waals surface area contributed by atoms with E-state index in [0.29, 0.717) is 12.3 Å². The van der Waals surface area contributed by atoms with Gasteiger partial charge in [-0.25, -0.2) is 0 Å². The summed E-state index contributed by atoms with van der Waals surface area (Å²) in [7, 11) is 1.60. The summed E-state index contributed by atoms with van der Waals surface area (Å²) < 4.78 is 10.3. The molecule has 1 aromatic carbocycles. The van der Waals surface area contributed by atoms with Crippen LogP contribution in [0.25, 0.3) is 11.3 Å². The van der Waals surface area contributed by atoms with Gasteiger partial charge >= 0.3 is 0 Å². The largest absolute Gasteiger partial charge is 0.497 e.